The molecule has 0 radical (unpaired) electrons. The Kier molecular flexibility index (Phi) is 4.09. The van der Waals surface area contributed by atoms with Crippen LogP contribution in [0.1, 0.15) is 53.0 Å². The highest BCUT2D eigenvalue weighted by Gasteiger charge is 2.24. The highest BCUT2D eigenvalue weighted by Crippen LogP contribution is 2.33. The molecule has 0 fully saturated rings. The Hall–Kier alpha value is -1.26. The quantitative estimate of drug-likeness (QED) is 0.917. The number of rotatable bonds is 4. The molecule has 1 aliphatic rings. The lowest BCUT2D eigenvalue weighted by Gasteiger charge is -2.20. The zero-order valence-electron chi connectivity index (χ0n) is 12.7. The van der Waals surface area contributed by atoms with Crippen molar-refractivity contribution in [2.24, 2.45) is 0 Å². The summed E-state index contributed by atoms with van der Waals surface area (Å²) in [5.74, 6) is -0.146. The van der Waals surface area contributed by atoms with Gasteiger partial charge in [-0.2, -0.15) is 0 Å². The lowest BCUT2D eigenvalue weighted by atomic mass is 10.0. The van der Waals surface area contributed by atoms with Gasteiger partial charge in [-0.1, -0.05) is 12.1 Å². The second-order valence-electron chi connectivity index (χ2n) is 6.04. The van der Waals surface area contributed by atoms with E-state index in [2.05, 4.69) is 19.2 Å². The van der Waals surface area contributed by atoms with Crippen LogP contribution < -0.4 is 5.32 Å². The Labute approximate surface area is 129 Å². The number of aromatic nitrogens is 1. The first-order chi connectivity index (χ1) is 10.0. The number of hydrogen-bond acceptors (Lipinski definition) is 3. The molecule has 1 atom stereocenters. The monoisotopic (exact) mass is 304 g/mol. The number of benzene rings is 1. The standard InChI is InChI=1S/C17H21FN2S/c1-10(2)19-16(12-8-7-11(3)13(18)9-12)17-20-14-5-4-6-15(14)21-17/h7-10,16,19H,4-6H2,1-3H3. The average molecular weight is 304 g/mol. The molecule has 2 aromatic rings. The van der Waals surface area contributed by atoms with Gasteiger partial charge in [-0.15, -0.1) is 11.3 Å². The van der Waals surface area contributed by atoms with E-state index in [1.54, 1.807) is 24.3 Å². The number of aryl methyl sites for hydroxylation is 3. The van der Waals surface area contributed by atoms with Gasteiger partial charge in [0.2, 0.25) is 0 Å². The van der Waals surface area contributed by atoms with Gasteiger partial charge >= 0.3 is 0 Å². The Morgan fingerprint density at radius 3 is 2.76 bits per heavy atom. The molecular formula is C17H21FN2S. The first-order valence-electron chi connectivity index (χ1n) is 7.55. The van der Waals surface area contributed by atoms with Gasteiger partial charge < -0.3 is 5.32 Å². The minimum atomic E-state index is -0.146. The molecule has 1 unspecified atom stereocenters. The van der Waals surface area contributed by atoms with Gasteiger partial charge in [0.15, 0.2) is 0 Å². The van der Waals surface area contributed by atoms with Gasteiger partial charge in [0.25, 0.3) is 0 Å². The van der Waals surface area contributed by atoms with Crippen molar-refractivity contribution in [1.29, 1.82) is 0 Å². The van der Waals surface area contributed by atoms with Crippen molar-refractivity contribution in [3.05, 3.63) is 50.7 Å². The van der Waals surface area contributed by atoms with Crippen LogP contribution in [0.3, 0.4) is 0 Å². The Bertz CT molecular complexity index is 627. The van der Waals surface area contributed by atoms with Crippen LogP contribution in [-0.4, -0.2) is 11.0 Å². The lowest BCUT2D eigenvalue weighted by Crippen LogP contribution is -2.29. The summed E-state index contributed by atoms with van der Waals surface area (Å²) in [6.07, 6.45) is 3.45. The van der Waals surface area contributed by atoms with E-state index in [1.807, 2.05) is 12.1 Å². The summed E-state index contributed by atoms with van der Waals surface area (Å²) in [7, 11) is 0. The van der Waals surface area contributed by atoms with Crippen LogP contribution in [-0.2, 0) is 12.8 Å². The molecule has 2 nitrogen and oxygen atoms in total. The van der Waals surface area contributed by atoms with E-state index in [9.17, 15) is 4.39 Å². The molecule has 1 aliphatic carbocycles. The van der Waals surface area contributed by atoms with E-state index < -0.39 is 0 Å². The van der Waals surface area contributed by atoms with Crippen molar-refractivity contribution in [1.82, 2.24) is 10.3 Å². The minimum absolute atomic E-state index is 0.0179. The number of fused-ring (bicyclic) bond motifs is 1. The molecule has 1 aromatic heterocycles. The molecular weight excluding hydrogens is 283 g/mol. The maximum atomic E-state index is 13.9. The van der Waals surface area contributed by atoms with Gasteiger partial charge in [0.1, 0.15) is 10.8 Å². The summed E-state index contributed by atoms with van der Waals surface area (Å²) in [6, 6.07) is 5.79. The number of nitrogens with one attached hydrogen (secondary N) is 1. The predicted molar refractivity (Wildman–Crippen MR) is 85.4 cm³/mol. The molecule has 1 N–H and O–H groups in total. The number of nitrogens with zero attached hydrogens (tertiary/aromatic N) is 1. The van der Waals surface area contributed by atoms with Crippen molar-refractivity contribution < 1.29 is 4.39 Å². The van der Waals surface area contributed by atoms with Crippen LogP contribution in [0.2, 0.25) is 0 Å². The summed E-state index contributed by atoms with van der Waals surface area (Å²) < 4.78 is 13.9. The van der Waals surface area contributed by atoms with E-state index in [1.165, 1.54) is 17.0 Å². The molecule has 21 heavy (non-hydrogen) atoms. The number of hydrogen-bond donors (Lipinski definition) is 1. The summed E-state index contributed by atoms with van der Waals surface area (Å²) in [6.45, 7) is 6.01. The van der Waals surface area contributed by atoms with Gasteiger partial charge in [-0.25, -0.2) is 9.37 Å². The fourth-order valence-electron chi connectivity index (χ4n) is 2.77. The van der Waals surface area contributed by atoms with Crippen LogP contribution in [0.5, 0.6) is 0 Å². The third kappa shape index (κ3) is 3.01. The molecule has 4 heteroatoms. The average Bonchev–Trinajstić information content (AvgIpc) is 3.00. The zero-order valence-corrected chi connectivity index (χ0v) is 13.6. The summed E-state index contributed by atoms with van der Waals surface area (Å²) in [4.78, 5) is 6.22. The van der Waals surface area contributed by atoms with Crippen molar-refractivity contribution in [2.75, 3.05) is 0 Å². The van der Waals surface area contributed by atoms with E-state index in [0.717, 1.165) is 23.4 Å². The largest absolute Gasteiger partial charge is 0.302 e. The Balaban J connectivity index is 1.98. The SMILES string of the molecule is Cc1ccc(C(NC(C)C)c2nc3c(s2)CCC3)cc1F. The molecule has 0 aliphatic heterocycles. The lowest BCUT2D eigenvalue weighted by molar-refractivity contribution is 0.522. The fraction of sp³-hybridized carbons (Fsp3) is 0.471. The zero-order chi connectivity index (χ0) is 15.0. The van der Waals surface area contributed by atoms with Crippen LogP contribution in [0, 0.1) is 12.7 Å². The second-order valence-corrected chi connectivity index (χ2v) is 7.15. The normalized spacial score (nSPS) is 15.5. The van der Waals surface area contributed by atoms with Crippen molar-refractivity contribution in [3.63, 3.8) is 0 Å². The molecule has 0 saturated heterocycles. The van der Waals surface area contributed by atoms with Crippen molar-refractivity contribution >= 4 is 11.3 Å². The predicted octanol–water partition coefficient (Wildman–Crippen LogP) is 4.17. The fourth-order valence-corrected chi connectivity index (χ4v) is 4.01. The maximum absolute atomic E-state index is 13.9. The first-order valence-corrected chi connectivity index (χ1v) is 8.37. The van der Waals surface area contributed by atoms with Gasteiger partial charge in [-0.05, 0) is 57.2 Å². The van der Waals surface area contributed by atoms with Crippen LogP contribution in [0.4, 0.5) is 4.39 Å². The molecule has 0 saturated carbocycles. The molecule has 1 aromatic carbocycles. The molecule has 0 bridgehead atoms. The molecule has 0 amide bonds. The number of halogens is 1. The highest BCUT2D eigenvalue weighted by atomic mass is 32.1. The molecule has 112 valence electrons. The Morgan fingerprint density at radius 2 is 2.10 bits per heavy atom. The third-order valence-electron chi connectivity index (χ3n) is 3.89. The van der Waals surface area contributed by atoms with Gasteiger partial charge in [-0.3, -0.25) is 0 Å². The maximum Gasteiger partial charge on any atom is 0.126 e. The third-order valence-corrected chi connectivity index (χ3v) is 5.11. The summed E-state index contributed by atoms with van der Waals surface area (Å²) >= 11 is 1.78. The van der Waals surface area contributed by atoms with Crippen molar-refractivity contribution in [2.45, 2.75) is 52.1 Å². The van der Waals surface area contributed by atoms with Gasteiger partial charge in [0.05, 0.1) is 11.7 Å². The smallest absolute Gasteiger partial charge is 0.126 e. The van der Waals surface area contributed by atoms with E-state index >= 15 is 0 Å². The van der Waals surface area contributed by atoms with Crippen LogP contribution >= 0.6 is 11.3 Å². The van der Waals surface area contributed by atoms with Crippen LogP contribution in [0.25, 0.3) is 0 Å². The second kappa shape index (κ2) is 5.85. The first kappa shape index (κ1) is 14.7. The molecule has 1 heterocycles. The number of thiazole rings is 1. The molecule has 0 spiro atoms. The van der Waals surface area contributed by atoms with Crippen LogP contribution in [0.15, 0.2) is 18.2 Å². The van der Waals surface area contributed by atoms with E-state index in [0.29, 0.717) is 11.6 Å². The van der Waals surface area contributed by atoms with E-state index in [-0.39, 0.29) is 11.9 Å². The van der Waals surface area contributed by atoms with Crippen molar-refractivity contribution in [3.8, 4) is 0 Å². The van der Waals surface area contributed by atoms with Gasteiger partial charge in [0, 0.05) is 10.9 Å². The van der Waals surface area contributed by atoms with E-state index in [4.69, 9.17) is 4.98 Å². The summed E-state index contributed by atoms with van der Waals surface area (Å²) in [5.41, 5.74) is 2.89. The minimum Gasteiger partial charge on any atom is -0.302 e. The summed E-state index contributed by atoms with van der Waals surface area (Å²) in [5, 5.41) is 4.60. The highest BCUT2D eigenvalue weighted by molar-refractivity contribution is 7.11. The Morgan fingerprint density at radius 1 is 1.29 bits per heavy atom. The topological polar surface area (TPSA) is 24.9 Å². The molecule has 3 rings (SSSR count).